The Kier molecular flexibility index (Phi) is 3.28. The summed E-state index contributed by atoms with van der Waals surface area (Å²) in [6.07, 6.45) is 0.373. The first-order valence-electron chi connectivity index (χ1n) is 5.99. The maximum absolute atomic E-state index is 12.8. The lowest BCUT2D eigenvalue weighted by Gasteiger charge is -2.19. The van der Waals surface area contributed by atoms with Gasteiger partial charge in [0.15, 0.2) is 0 Å². The molecular formula is C11H15FN2O5S. The Labute approximate surface area is 115 Å². The molecule has 9 heteroatoms. The molecule has 2 saturated carbocycles. The summed E-state index contributed by atoms with van der Waals surface area (Å²) in [5.41, 5.74) is -1.52. The highest BCUT2D eigenvalue weighted by atomic mass is 32.2. The molecule has 2 rings (SSSR count). The third-order valence-electron chi connectivity index (χ3n) is 3.88. The van der Waals surface area contributed by atoms with E-state index in [0.29, 0.717) is 0 Å². The number of nitrogens with one attached hydrogen (secondary N) is 2. The Bertz CT molecular complexity index is 571. The van der Waals surface area contributed by atoms with Gasteiger partial charge in [-0.05, 0) is 19.3 Å². The minimum absolute atomic E-state index is 0.132. The highest BCUT2D eigenvalue weighted by Gasteiger charge is 2.63. The molecular weight excluding hydrogens is 291 g/mol. The number of alkyl halides is 1. The zero-order valence-electron chi connectivity index (χ0n) is 10.6. The molecule has 0 aliphatic heterocycles. The van der Waals surface area contributed by atoms with Gasteiger partial charge in [0.05, 0.1) is 0 Å². The average Bonchev–Trinajstić information content (AvgIpc) is 3.22. The highest BCUT2D eigenvalue weighted by molar-refractivity contribution is 7.91. The lowest BCUT2D eigenvalue weighted by molar-refractivity contribution is -0.122. The Hall–Kier alpha value is -1.64. The molecule has 2 unspecified atom stereocenters. The lowest BCUT2D eigenvalue weighted by Crippen LogP contribution is -2.53. The van der Waals surface area contributed by atoms with Crippen molar-refractivity contribution in [2.45, 2.75) is 29.5 Å². The Morgan fingerprint density at radius 3 is 2.40 bits per heavy atom. The Morgan fingerprint density at radius 1 is 1.45 bits per heavy atom. The van der Waals surface area contributed by atoms with E-state index in [1.807, 2.05) is 5.32 Å². The fraction of sp³-hybridized carbons (Fsp3) is 0.636. The number of rotatable bonds is 6. The van der Waals surface area contributed by atoms with Crippen LogP contribution in [0.25, 0.3) is 0 Å². The number of amides is 2. The number of sulfonamides is 1. The molecule has 0 radical (unpaired) electrons. The zero-order valence-corrected chi connectivity index (χ0v) is 11.4. The van der Waals surface area contributed by atoms with Crippen molar-refractivity contribution in [3.8, 4) is 0 Å². The fourth-order valence-corrected chi connectivity index (χ4v) is 3.59. The van der Waals surface area contributed by atoms with Crippen molar-refractivity contribution in [2.75, 3.05) is 6.67 Å². The van der Waals surface area contributed by atoms with Crippen LogP contribution in [0.15, 0.2) is 12.7 Å². The predicted octanol–water partition coefficient (Wildman–Crippen LogP) is 0.147. The van der Waals surface area contributed by atoms with Crippen molar-refractivity contribution in [1.29, 1.82) is 0 Å². The summed E-state index contributed by atoms with van der Waals surface area (Å²) in [7, 11) is -4.15. The van der Waals surface area contributed by atoms with E-state index in [-0.39, 0.29) is 19.3 Å². The van der Waals surface area contributed by atoms with E-state index in [1.54, 1.807) is 4.72 Å². The van der Waals surface area contributed by atoms with Gasteiger partial charge >= 0.3 is 6.09 Å². The topological polar surface area (TPSA) is 113 Å². The molecule has 0 saturated heterocycles. The molecule has 0 spiro atoms. The van der Waals surface area contributed by atoms with Crippen LogP contribution in [-0.2, 0) is 14.8 Å². The second-order valence-corrected chi connectivity index (χ2v) is 7.28. The largest absolute Gasteiger partial charge is 0.465 e. The first-order chi connectivity index (χ1) is 9.23. The number of hydrogen-bond acceptors (Lipinski definition) is 4. The molecule has 2 aliphatic carbocycles. The molecule has 20 heavy (non-hydrogen) atoms. The number of carbonyl (C=O) groups is 2. The second-order valence-electron chi connectivity index (χ2n) is 5.20. The van der Waals surface area contributed by atoms with Crippen LogP contribution in [0.5, 0.6) is 0 Å². The summed E-state index contributed by atoms with van der Waals surface area (Å²) in [5.74, 6) is -1.46. The summed E-state index contributed by atoms with van der Waals surface area (Å²) in [6.45, 7) is 2.39. The molecule has 0 aromatic rings. The van der Waals surface area contributed by atoms with E-state index in [1.165, 1.54) is 6.08 Å². The SMILES string of the molecule is C=CC1CC1(NC(=O)O)C(=O)NS(=O)(=O)C1(CF)CC1. The second kappa shape index (κ2) is 4.44. The minimum Gasteiger partial charge on any atom is -0.465 e. The van der Waals surface area contributed by atoms with Crippen LogP contribution in [0.3, 0.4) is 0 Å². The summed E-state index contributed by atoms with van der Waals surface area (Å²) in [5, 5.41) is 10.8. The van der Waals surface area contributed by atoms with Crippen molar-refractivity contribution in [2.24, 2.45) is 5.92 Å². The monoisotopic (exact) mass is 306 g/mol. The van der Waals surface area contributed by atoms with Crippen LogP contribution in [0.2, 0.25) is 0 Å². The van der Waals surface area contributed by atoms with Gasteiger partial charge in [-0.15, -0.1) is 6.58 Å². The zero-order chi connectivity index (χ0) is 15.2. The van der Waals surface area contributed by atoms with Crippen LogP contribution >= 0.6 is 0 Å². The molecule has 2 fully saturated rings. The molecule has 0 bridgehead atoms. The maximum Gasteiger partial charge on any atom is 0.405 e. The lowest BCUT2D eigenvalue weighted by atomic mass is 10.2. The number of carboxylic acid groups (broad SMARTS) is 1. The smallest absolute Gasteiger partial charge is 0.405 e. The maximum atomic E-state index is 12.8. The number of hydrogen-bond donors (Lipinski definition) is 3. The van der Waals surface area contributed by atoms with Gasteiger partial charge in [-0.2, -0.15) is 0 Å². The van der Waals surface area contributed by atoms with Gasteiger partial charge in [-0.3, -0.25) is 9.52 Å². The summed E-state index contributed by atoms with van der Waals surface area (Å²) < 4.78 is 36.9. The van der Waals surface area contributed by atoms with Crippen molar-refractivity contribution in [3.63, 3.8) is 0 Å². The first kappa shape index (κ1) is 14.8. The van der Waals surface area contributed by atoms with E-state index in [2.05, 4.69) is 6.58 Å². The molecule has 0 heterocycles. The van der Waals surface area contributed by atoms with E-state index in [0.717, 1.165) is 0 Å². The van der Waals surface area contributed by atoms with Crippen molar-refractivity contribution in [3.05, 3.63) is 12.7 Å². The molecule has 112 valence electrons. The quantitative estimate of drug-likeness (QED) is 0.605. The van der Waals surface area contributed by atoms with E-state index < -0.39 is 44.9 Å². The van der Waals surface area contributed by atoms with Gasteiger partial charge in [0.25, 0.3) is 5.91 Å². The molecule has 0 aromatic carbocycles. The fourth-order valence-electron chi connectivity index (χ4n) is 2.16. The van der Waals surface area contributed by atoms with E-state index in [9.17, 15) is 22.4 Å². The van der Waals surface area contributed by atoms with Crippen LogP contribution in [0, 0.1) is 5.92 Å². The molecule has 2 aliphatic rings. The molecule has 7 nitrogen and oxygen atoms in total. The Balaban J connectivity index is 2.15. The average molecular weight is 306 g/mol. The van der Waals surface area contributed by atoms with Crippen LogP contribution in [0.4, 0.5) is 9.18 Å². The van der Waals surface area contributed by atoms with Crippen LogP contribution < -0.4 is 10.0 Å². The summed E-state index contributed by atoms with van der Waals surface area (Å²) in [6, 6.07) is 0. The van der Waals surface area contributed by atoms with Crippen molar-refractivity contribution >= 4 is 22.0 Å². The third kappa shape index (κ3) is 2.15. The van der Waals surface area contributed by atoms with Crippen molar-refractivity contribution < 1.29 is 27.5 Å². The van der Waals surface area contributed by atoms with Crippen LogP contribution in [0.1, 0.15) is 19.3 Å². The molecule has 2 atom stereocenters. The van der Waals surface area contributed by atoms with Gasteiger partial charge in [0.1, 0.15) is 17.0 Å². The molecule has 0 aromatic heterocycles. The van der Waals surface area contributed by atoms with E-state index >= 15 is 0 Å². The minimum atomic E-state index is -4.15. The van der Waals surface area contributed by atoms with Crippen LogP contribution in [-0.4, -0.2) is 42.5 Å². The van der Waals surface area contributed by atoms with Gasteiger partial charge in [0.2, 0.25) is 10.0 Å². The van der Waals surface area contributed by atoms with Gasteiger partial charge in [-0.25, -0.2) is 17.6 Å². The molecule has 2 amide bonds. The normalized spacial score (nSPS) is 30.1. The molecule has 3 N–H and O–H groups in total. The Morgan fingerprint density at radius 2 is 2.05 bits per heavy atom. The number of carbonyl (C=O) groups excluding carboxylic acids is 1. The first-order valence-corrected chi connectivity index (χ1v) is 7.48. The standard InChI is InChI=1S/C11H15FN2O5S/c1-2-7-5-11(7,13-9(16)17)8(15)14-20(18,19)10(6-12)3-4-10/h2,7,13H,1,3-6H2,(H,14,15)(H,16,17). The van der Waals surface area contributed by atoms with Gasteiger partial charge in [-0.1, -0.05) is 6.08 Å². The predicted molar refractivity (Wildman–Crippen MR) is 67.2 cm³/mol. The van der Waals surface area contributed by atoms with Gasteiger partial charge < -0.3 is 10.4 Å². The van der Waals surface area contributed by atoms with Gasteiger partial charge in [0, 0.05) is 5.92 Å². The number of halogens is 1. The summed E-state index contributed by atoms with van der Waals surface area (Å²) >= 11 is 0. The van der Waals surface area contributed by atoms with E-state index in [4.69, 9.17) is 5.11 Å². The highest BCUT2D eigenvalue weighted by Crippen LogP contribution is 2.47. The summed E-state index contributed by atoms with van der Waals surface area (Å²) in [4.78, 5) is 22.8. The van der Waals surface area contributed by atoms with Crippen molar-refractivity contribution in [1.82, 2.24) is 10.0 Å². The third-order valence-corrected chi connectivity index (χ3v) is 5.99.